The maximum absolute atomic E-state index is 13.0. The van der Waals surface area contributed by atoms with Crippen LogP contribution in [0.4, 0.5) is 0 Å². The summed E-state index contributed by atoms with van der Waals surface area (Å²) in [6.07, 6.45) is 4.49. The highest BCUT2D eigenvalue weighted by molar-refractivity contribution is 7.89. The lowest BCUT2D eigenvalue weighted by molar-refractivity contribution is -0.313. The van der Waals surface area contributed by atoms with Gasteiger partial charge in [-0.2, -0.15) is 4.31 Å². The quantitative estimate of drug-likeness (QED) is 0.658. The van der Waals surface area contributed by atoms with Crippen molar-refractivity contribution < 1.29 is 23.1 Å². The fourth-order valence-electron chi connectivity index (χ4n) is 4.86. The molecule has 29 heavy (non-hydrogen) atoms. The van der Waals surface area contributed by atoms with E-state index in [1.165, 1.54) is 4.31 Å². The molecule has 4 atom stereocenters. The number of sulfonamides is 1. The van der Waals surface area contributed by atoms with E-state index in [0.29, 0.717) is 6.42 Å². The van der Waals surface area contributed by atoms with E-state index in [0.717, 1.165) is 11.1 Å². The van der Waals surface area contributed by atoms with Crippen LogP contribution in [0.5, 0.6) is 0 Å². The number of fused-ring (bicyclic) bond motifs is 2. The lowest BCUT2D eigenvalue weighted by Gasteiger charge is -2.38. The molecule has 7 nitrogen and oxygen atoms in total. The molecular formula is C21H25N2O5S-. The van der Waals surface area contributed by atoms with Crippen LogP contribution in [-0.4, -0.2) is 55.7 Å². The third-order valence-electron chi connectivity index (χ3n) is 6.68. The molecule has 3 aliphatic rings. The van der Waals surface area contributed by atoms with E-state index in [4.69, 9.17) is 0 Å². The SMILES string of the molecule is Cc1ccc(S(=O)(=O)N2CCN(C(=O)[C@H]3[C@@H](C(=O)[O-])[C@@H]4C=C[C@@H]3C4)CC2)cc1C. The van der Waals surface area contributed by atoms with E-state index in [1.807, 2.05) is 26.0 Å². The Morgan fingerprint density at radius 1 is 0.966 bits per heavy atom. The zero-order valence-corrected chi connectivity index (χ0v) is 17.4. The Labute approximate surface area is 171 Å². The van der Waals surface area contributed by atoms with Gasteiger partial charge in [0, 0.05) is 38.1 Å². The number of piperazine rings is 1. The number of hydrogen-bond donors (Lipinski definition) is 0. The zero-order chi connectivity index (χ0) is 20.9. The number of rotatable bonds is 4. The van der Waals surface area contributed by atoms with Crippen LogP contribution in [0, 0.1) is 37.5 Å². The maximum Gasteiger partial charge on any atom is 0.243 e. The smallest absolute Gasteiger partial charge is 0.243 e. The number of benzene rings is 1. The summed E-state index contributed by atoms with van der Waals surface area (Å²) in [6.45, 7) is 4.74. The Balaban J connectivity index is 1.45. The number of amides is 1. The first-order valence-corrected chi connectivity index (χ1v) is 11.4. The van der Waals surface area contributed by atoms with Crippen molar-refractivity contribution in [3.05, 3.63) is 41.5 Å². The first-order chi connectivity index (χ1) is 13.7. The van der Waals surface area contributed by atoms with E-state index < -0.39 is 27.8 Å². The molecule has 2 fully saturated rings. The molecule has 2 aliphatic carbocycles. The average molecular weight is 418 g/mol. The van der Waals surface area contributed by atoms with E-state index in [9.17, 15) is 23.1 Å². The van der Waals surface area contributed by atoms with Gasteiger partial charge in [-0.1, -0.05) is 18.2 Å². The van der Waals surface area contributed by atoms with Crippen LogP contribution in [-0.2, 0) is 19.6 Å². The largest absolute Gasteiger partial charge is 0.550 e. The molecule has 0 radical (unpaired) electrons. The van der Waals surface area contributed by atoms with E-state index in [1.54, 1.807) is 23.1 Å². The second kappa shape index (κ2) is 7.25. The average Bonchev–Trinajstić information content (AvgIpc) is 3.31. The Morgan fingerprint density at radius 2 is 1.59 bits per heavy atom. The predicted octanol–water partition coefficient (Wildman–Crippen LogP) is 0.325. The van der Waals surface area contributed by atoms with Gasteiger partial charge in [0.15, 0.2) is 0 Å². The van der Waals surface area contributed by atoms with Crippen molar-refractivity contribution >= 4 is 21.9 Å². The summed E-state index contributed by atoms with van der Waals surface area (Å²) in [4.78, 5) is 26.5. The molecule has 0 unspecified atom stereocenters. The highest BCUT2D eigenvalue weighted by atomic mass is 32.2. The fraction of sp³-hybridized carbons (Fsp3) is 0.524. The molecule has 1 saturated heterocycles. The van der Waals surface area contributed by atoms with Crippen LogP contribution in [0.2, 0.25) is 0 Å². The van der Waals surface area contributed by atoms with Gasteiger partial charge in [0.1, 0.15) is 0 Å². The van der Waals surface area contributed by atoms with Crippen molar-refractivity contribution in [2.24, 2.45) is 23.7 Å². The molecule has 1 aliphatic heterocycles. The van der Waals surface area contributed by atoms with Crippen molar-refractivity contribution in [1.82, 2.24) is 9.21 Å². The van der Waals surface area contributed by atoms with Crippen molar-refractivity contribution in [3.63, 3.8) is 0 Å². The lowest BCUT2D eigenvalue weighted by atomic mass is 9.82. The first kappa shape index (κ1) is 20.1. The Kier molecular flexibility index (Phi) is 5.02. The number of aryl methyl sites for hydroxylation is 2. The van der Waals surface area contributed by atoms with Gasteiger partial charge in [-0.15, -0.1) is 0 Å². The summed E-state index contributed by atoms with van der Waals surface area (Å²) < 4.78 is 27.3. The van der Waals surface area contributed by atoms with Gasteiger partial charge in [-0.3, -0.25) is 4.79 Å². The maximum atomic E-state index is 13.0. The number of carboxylic acids is 1. The Morgan fingerprint density at radius 3 is 2.17 bits per heavy atom. The number of carbonyl (C=O) groups is 2. The number of hydrogen-bond acceptors (Lipinski definition) is 5. The molecular weight excluding hydrogens is 392 g/mol. The van der Waals surface area contributed by atoms with Gasteiger partial charge in [0.05, 0.1) is 10.8 Å². The molecule has 8 heteroatoms. The van der Waals surface area contributed by atoms with Gasteiger partial charge in [-0.25, -0.2) is 8.42 Å². The van der Waals surface area contributed by atoms with Crippen LogP contribution < -0.4 is 5.11 Å². The summed E-state index contributed by atoms with van der Waals surface area (Å²) in [5.41, 5.74) is 1.94. The van der Waals surface area contributed by atoms with Crippen molar-refractivity contribution in [1.29, 1.82) is 0 Å². The third kappa shape index (κ3) is 3.38. The number of carbonyl (C=O) groups excluding carboxylic acids is 2. The van der Waals surface area contributed by atoms with Crippen LogP contribution in [0.25, 0.3) is 0 Å². The van der Waals surface area contributed by atoms with Gasteiger partial charge < -0.3 is 14.8 Å². The minimum Gasteiger partial charge on any atom is -0.550 e. The highest BCUT2D eigenvalue weighted by Gasteiger charge is 2.50. The van der Waals surface area contributed by atoms with Gasteiger partial charge in [0.25, 0.3) is 0 Å². The standard InChI is InChI=1S/C21H26N2O5S/c1-13-3-6-17(11-14(13)2)29(27,28)23-9-7-22(8-10-23)20(24)18-15-4-5-16(12-15)19(18)21(25)26/h3-6,11,15-16,18-19H,7-10,12H2,1-2H3,(H,25,26)/p-1/t15-,16-,18-,19+/m1/s1. The van der Waals surface area contributed by atoms with Gasteiger partial charge in [0.2, 0.25) is 15.9 Å². The summed E-state index contributed by atoms with van der Waals surface area (Å²) in [5, 5.41) is 11.6. The summed E-state index contributed by atoms with van der Waals surface area (Å²) >= 11 is 0. The molecule has 1 aromatic rings. The molecule has 1 aromatic carbocycles. The topological polar surface area (TPSA) is 97.8 Å². The molecule has 4 rings (SSSR count). The second-order valence-corrected chi connectivity index (χ2v) is 10.2. The fourth-order valence-corrected chi connectivity index (χ4v) is 6.37. The molecule has 156 valence electrons. The van der Waals surface area contributed by atoms with E-state index in [2.05, 4.69) is 0 Å². The van der Waals surface area contributed by atoms with Crippen molar-refractivity contribution in [3.8, 4) is 0 Å². The molecule has 1 amide bonds. The Hall–Kier alpha value is -2.19. The molecule has 0 aromatic heterocycles. The highest BCUT2D eigenvalue weighted by Crippen LogP contribution is 2.48. The minimum absolute atomic E-state index is 0.0623. The number of aliphatic carboxylic acids is 1. The zero-order valence-electron chi connectivity index (χ0n) is 16.6. The van der Waals surface area contributed by atoms with Crippen LogP contribution >= 0.6 is 0 Å². The monoisotopic (exact) mass is 417 g/mol. The van der Waals surface area contributed by atoms with E-state index >= 15 is 0 Å². The molecule has 1 heterocycles. The molecule has 0 spiro atoms. The summed E-state index contributed by atoms with van der Waals surface area (Å²) in [5.74, 6) is -2.94. The second-order valence-electron chi connectivity index (χ2n) is 8.29. The molecule has 0 N–H and O–H groups in total. The predicted molar refractivity (Wildman–Crippen MR) is 104 cm³/mol. The summed E-state index contributed by atoms with van der Waals surface area (Å²) in [7, 11) is -3.62. The van der Waals surface area contributed by atoms with Crippen LogP contribution in [0.1, 0.15) is 17.5 Å². The van der Waals surface area contributed by atoms with Gasteiger partial charge >= 0.3 is 0 Å². The normalized spacial score (nSPS) is 29.4. The van der Waals surface area contributed by atoms with Crippen molar-refractivity contribution in [2.45, 2.75) is 25.2 Å². The number of allylic oxidation sites excluding steroid dienone is 2. The van der Waals surface area contributed by atoms with Gasteiger partial charge in [-0.05, 0) is 55.4 Å². The number of carboxylic acid groups (broad SMARTS) is 1. The molecule has 2 bridgehead atoms. The number of nitrogens with zero attached hydrogens (tertiary/aromatic N) is 2. The van der Waals surface area contributed by atoms with Crippen LogP contribution in [0.15, 0.2) is 35.2 Å². The lowest BCUT2D eigenvalue weighted by Crippen LogP contribution is -2.54. The van der Waals surface area contributed by atoms with E-state index in [-0.39, 0.29) is 48.8 Å². The molecule has 1 saturated carbocycles. The Bertz CT molecular complexity index is 979. The first-order valence-electron chi connectivity index (χ1n) is 9.95. The summed E-state index contributed by atoms with van der Waals surface area (Å²) in [6, 6.07) is 5.08. The van der Waals surface area contributed by atoms with Crippen LogP contribution in [0.3, 0.4) is 0 Å². The minimum atomic E-state index is -3.62. The van der Waals surface area contributed by atoms with Crippen molar-refractivity contribution in [2.75, 3.05) is 26.2 Å². The third-order valence-corrected chi connectivity index (χ3v) is 8.58.